The van der Waals surface area contributed by atoms with Crippen LogP contribution in [0, 0.1) is 6.92 Å². The van der Waals surface area contributed by atoms with Crippen LogP contribution in [0.25, 0.3) is 0 Å². The Bertz CT molecular complexity index is 697. The highest BCUT2D eigenvalue weighted by molar-refractivity contribution is 5.89. The molecule has 1 heterocycles. The van der Waals surface area contributed by atoms with Crippen LogP contribution in [-0.2, 0) is 11.2 Å². The maximum Gasteiger partial charge on any atom is 0.338 e. The average molecular weight is 296 g/mol. The monoisotopic (exact) mass is 296 g/mol. The number of nitrogens with one attached hydrogen (secondary N) is 1. The van der Waals surface area contributed by atoms with Gasteiger partial charge in [0.1, 0.15) is 0 Å². The largest absolute Gasteiger partial charge is 0.462 e. The van der Waals surface area contributed by atoms with Crippen molar-refractivity contribution in [2.75, 3.05) is 11.9 Å². The fourth-order valence-corrected chi connectivity index (χ4v) is 2.95. The number of nitrogens with zero attached hydrogens (tertiary/aromatic N) is 1. The summed E-state index contributed by atoms with van der Waals surface area (Å²) in [6.07, 6.45) is 3.82. The number of hydrogen-bond acceptors (Lipinski definition) is 4. The molecule has 0 saturated heterocycles. The number of fused-ring (bicyclic) bond motifs is 1. The molecule has 0 radical (unpaired) electrons. The van der Waals surface area contributed by atoms with Crippen molar-refractivity contribution < 1.29 is 9.53 Å². The molecule has 0 fully saturated rings. The minimum absolute atomic E-state index is 0.244. The van der Waals surface area contributed by atoms with Crippen molar-refractivity contribution in [3.63, 3.8) is 0 Å². The Kier molecular flexibility index (Phi) is 4.09. The lowest BCUT2D eigenvalue weighted by Gasteiger charge is -2.16. The third-order valence-electron chi connectivity index (χ3n) is 3.97. The van der Waals surface area contributed by atoms with E-state index in [0.29, 0.717) is 12.2 Å². The Hall–Kier alpha value is -2.36. The number of ether oxygens (including phenoxy) is 1. The van der Waals surface area contributed by atoms with Gasteiger partial charge in [-0.05, 0) is 62.1 Å². The van der Waals surface area contributed by atoms with Crippen LogP contribution in [0.15, 0.2) is 36.5 Å². The maximum atomic E-state index is 11.8. The van der Waals surface area contributed by atoms with Crippen molar-refractivity contribution in [3.05, 3.63) is 58.9 Å². The lowest BCUT2D eigenvalue weighted by atomic mass is 10.0. The molecule has 0 spiro atoms. The molecule has 1 N–H and O–H groups in total. The summed E-state index contributed by atoms with van der Waals surface area (Å²) in [6.45, 7) is 4.21. The first-order valence-corrected chi connectivity index (χ1v) is 7.66. The van der Waals surface area contributed by atoms with Gasteiger partial charge in [0.15, 0.2) is 0 Å². The van der Waals surface area contributed by atoms with Crippen LogP contribution in [-0.4, -0.2) is 17.6 Å². The quantitative estimate of drug-likeness (QED) is 0.875. The van der Waals surface area contributed by atoms with Crippen molar-refractivity contribution in [1.29, 1.82) is 0 Å². The zero-order valence-electron chi connectivity index (χ0n) is 12.9. The van der Waals surface area contributed by atoms with Crippen molar-refractivity contribution >= 4 is 11.7 Å². The summed E-state index contributed by atoms with van der Waals surface area (Å²) in [4.78, 5) is 16.0. The fourth-order valence-electron chi connectivity index (χ4n) is 2.95. The molecule has 1 atom stereocenters. The van der Waals surface area contributed by atoms with Crippen LogP contribution < -0.4 is 5.32 Å². The molecular formula is C18H20N2O2. The van der Waals surface area contributed by atoms with Gasteiger partial charge in [-0.2, -0.15) is 0 Å². The van der Waals surface area contributed by atoms with E-state index in [4.69, 9.17) is 4.74 Å². The van der Waals surface area contributed by atoms with E-state index >= 15 is 0 Å². The van der Waals surface area contributed by atoms with E-state index in [-0.39, 0.29) is 12.0 Å². The Balaban J connectivity index is 1.79. The summed E-state index contributed by atoms with van der Waals surface area (Å²) < 4.78 is 5.06. The number of carbonyl (C=O) groups is 1. The molecular weight excluding hydrogens is 276 g/mol. The molecule has 3 rings (SSSR count). The molecule has 1 aliphatic rings. The van der Waals surface area contributed by atoms with E-state index in [0.717, 1.165) is 24.2 Å². The van der Waals surface area contributed by atoms with Crippen molar-refractivity contribution in [3.8, 4) is 0 Å². The van der Waals surface area contributed by atoms with Crippen LogP contribution in [0.4, 0.5) is 5.69 Å². The Morgan fingerprint density at radius 1 is 1.36 bits per heavy atom. The Morgan fingerprint density at radius 3 is 3.00 bits per heavy atom. The second-order valence-electron chi connectivity index (χ2n) is 5.56. The van der Waals surface area contributed by atoms with Gasteiger partial charge in [-0.3, -0.25) is 4.98 Å². The van der Waals surface area contributed by atoms with Crippen LogP contribution in [0.3, 0.4) is 0 Å². The second kappa shape index (κ2) is 6.18. The van der Waals surface area contributed by atoms with E-state index in [1.165, 1.54) is 11.1 Å². The summed E-state index contributed by atoms with van der Waals surface area (Å²) in [7, 11) is 0. The molecule has 0 bridgehead atoms. The second-order valence-corrected chi connectivity index (χ2v) is 5.56. The molecule has 4 heteroatoms. The highest BCUT2D eigenvalue weighted by Gasteiger charge is 2.23. The number of rotatable bonds is 4. The number of hydrogen-bond donors (Lipinski definition) is 1. The molecule has 4 nitrogen and oxygen atoms in total. The molecule has 1 unspecified atom stereocenters. The molecule has 22 heavy (non-hydrogen) atoms. The van der Waals surface area contributed by atoms with Gasteiger partial charge >= 0.3 is 5.97 Å². The third kappa shape index (κ3) is 2.96. The molecule has 2 aromatic rings. The summed E-state index contributed by atoms with van der Waals surface area (Å²) in [6, 6.07) is 10.2. The molecule has 0 aliphatic heterocycles. The van der Waals surface area contributed by atoms with Crippen LogP contribution in [0.5, 0.6) is 0 Å². The highest BCUT2D eigenvalue weighted by Crippen LogP contribution is 2.34. The SMILES string of the molecule is CCOC(=O)c1ccc2c(c1)CCC2Nc1ccnc(C)c1. The summed E-state index contributed by atoms with van der Waals surface area (Å²) >= 11 is 0. The standard InChI is InChI=1S/C18H20N2O2/c1-3-22-18(21)14-4-6-16-13(11-14)5-7-17(16)20-15-8-9-19-12(2)10-15/h4,6,8-11,17H,3,5,7H2,1-2H3,(H,19,20). The first-order chi connectivity index (χ1) is 10.7. The van der Waals surface area contributed by atoms with Crippen molar-refractivity contribution in [1.82, 2.24) is 4.98 Å². The lowest BCUT2D eigenvalue weighted by Crippen LogP contribution is -2.08. The fraction of sp³-hybridized carbons (Fsp3) is 0.333. The van der Waals surface area contributed by atoms with E-state index in [1.807, 2.05) is 50.4 Å². The first kappa shape index (κ1) is 14.6. The number of carbonyl (C=O) groups excluding carboxylic acids is 1. The first-order valence-electron chi connectivity index (χ1n) is 7.66. The minimum atomic E-state index is -0.244. The summed E-state index contributed by atoms with van der Waals surface area (Å²) in [5.74, 6) is -0.244. The van der Waals surface area contributed by atoms with Crippen molar-refractivity contribution in [2.24, 2.45) is 0 Å². The maximum absolute atomic E-state index is 11.8. The number of aryl methyl sites for hydroxylation is 2. The number of benzene rings is 1. The Morgan fingerprint density at radius 2 is 2.23 bits per heavy atom. The Labute approximate surface area is 130 Å². The number of anilines is 1. The highest BCUT2D eigenvalue weighted by atomic mass is 16.5. The van der Waals surface area contributed by atoms with Gasteiger partial charge in [-0.1, -0.05) is 6.07 Å². The van der Waals surface area contributed by atoms with Crippen LogP contribution in [0.1, 0.15) is 46.6 Å². The van der Waals surface area contributed by atoms with E-state index < -0.39 is 0 Å². The van der Waals surface area contributed by atoms with Crippen LogP contribution >= 0.6 is 0 Å². The predicted octanol–water partition coefficient (Wildman–Crippen LogP) is 3.67. The third-order valence-corrected chi connectivity index (χ3v) is 3.97. The molecule has 1 aromatic carbocycles. The van der Waals surface area contributed by atoms with Gasteiger partial charge < -0.3 is 10.1 Å². The molecule has 1 aromatic heterocycles. The van der Waals surface area contributed by atoms with Gasteiger partial charge in [0.05, 0.1) is 18.2 Å². The summed E-state index contributed by atoms with van der Waals surface area (Å²) in [5.41, 5.74) is 5.22. The number of pyridine rings is 1. The van der Waals surface area contributed by atoms with Crippen molar-refractivity contribution in [2.45, 2.75) is 32.7 Å². The zero-order valence-corrected chi connectivity index (χ0v) is 12.9. The molecule has 0 amide bonds. The van der Waals surface area contributed by atoms with Gasteiger partial charge in [0.25, 0.3) is 0 Å². The summed E-state index contributed by atoms with van der Waals surface area (Å²) in [5, 5.41) is 3.56. The van der Waals surface area contributed by atoms with Gasteiger partial charge in [0, 0.05) is 17.6 Å². The average Bonchev–Trinajstić information content (AvgIpc) is 2.90. The predicted molar refractivity (Wildman–Crippen MR) is 86.1 cm³/mol. The van der Waals surface area contributed by atoms with Gasteiger partial charge in [-0.25, -0.2) is 4.79 Å². The topological polar surface area (TPSA) is 51.2 Å². The van der Waals surface area contributed by atoms with Gasteiger partial charge in [-0.15, -0.1) is 0 Å². The van der Waals surface area contributed by atoms with Crippen LogP contribution in [0.2, 0.25) is 0 Å². The zero-order chi connectivity index (χ0) is 15.5. The molecule has 1 aliphatic carbocycles. The smallest absolute Gasteiger partial charge is 0.338 e. The van der Waals surface area contributed by atoms with E-state index in [2.05, 4.69) is 10.3 Å². The number of esters is 1. The molecule has 0 saturated carbocycles. The van der Waals surface area contributed by atoms with Gasteiger partial charge in [0.2, 0.25) is 0 Å². The normalized spacial score (nSPS) is 16.2. The van der Waals surface area contributed by atoms with E-state index in [1.54, 1.807) is 0 Å². The number of aromatic nitrogens is 1. The molecule has 114 valence electrons. The minimum Gasteiger partial charge on any atom is -0.462 e. The lowest BCUT2D eigenvalue weighted by molar-refractivity contribution is 0.0526. The van der Waals surface area contributed by atoms with E-state index in [9.17, 15) is 4.79 Å².